The van der Waals surface area contributed by atoms with Gasteiger partial charge in [0.2, 0.25) is 0 Å². The number of rotatable bonds is 3. The third-order valence-corrected chi connectivity index (χ3v) is 2.60. The van der Waals surface area contributed by atoms with Gasteiger partial charge >= 0.3 is 0 Å². The fourth-order valence-corrected chi connectivity index (χ4v) is 1.78. The summed E-state index contributed by atoms with van der Waals surface area (Å²) in [6.45, 7) is 1.99. The average molecular weight is 179 g/mol. The van der Waals surface area contributed by atoms with Crippen LogP contribution < -0.4 is 0 Å². The Hall–Kier alpha value is -1.14. The summed E-state index contributed by atoms with van der Waals surface area (Å²) in [5.74, 6) is 0.236. The van der Waals surface area contributed by atoms with Crippen LogP contribution in [-0.2, 0) is 0 Å². The minimum Gasteiger partial charge on any atom is -0.297 e. The molecule has 1 rings (SSSR count). The van der Waals surface area contributed by atoms with Crippen LogP contribution >= 0.6 is 11.3 Å². The van der Waals surface area contributed by atoms with Gasteiger partial charge in [0, 0.05) is 6.42 Å². The fourth-order valence-electron chi connectivity index (χ4n) is 0.943. The number of nitriles is 1. The number of hydrogen-bond acceptors (Lipinski definition) is 3. The Morgan fingerprint density at radius 2 is 2.58 bits per heavy atom. The molecule has 0 fully saturated rings. The lowest BCUT2D eigenvalue weighted by molar-refractivity contribution is 0.112. The van der Waals surface area contributed by atoms with Gasteiger partial charge in [0.05, 0.1) is 10.9 Å². The zero-order valence-electron chi connectivity index (χ0n) is 6.78. The highest BCUT2D eigenvalue weighted by Gasteiger charge is 2.06. The van der Waals surface area contributed by atoms with E-state index in [1.54, 1.807) is 0 Å². The monoisotopic (exact) mass is 179 g/mol. The molecule has 0 N–H and O–H groups in total. The van der Waals surface area contributed by atoms with E-state index in [4.69, 9.17) is 5.26 Å². The van der Waals surface area contributed by atoms with Crippen molar-refractivity contribution in [1.29, 1.82) is 5.26 Å². The largest absolute Gasteiger partial charge is 0.297 e. The first-order valence-corrected chi connectivity index (χ1v) is 4.56. The third-order valence-electron chi connectivity index (χ3n) is 1.72. The van der Waals surface area contributed by atoms with E-state index in [9.17, 15) is 4.79 Å². The number of nitrogens with zero attached hydrogens (tertiary/aromatic N) is 1. The van der Waals surface area contributed by atoms with Gasteiger partial charge in [-0.3, -0.25) is 4.79 Å². The fraction of sp³-hybridized carbons (Fsp3) is 0.333. The van der Waals surface area contributed by atoms with Crippen molar-refractivity contribution in [3.05, 3.63) is 21.9 Å². The molecular formula is C9H9NOS. The van der Waals surface area contributed by atoms with Gasteiger partial charge in [-0.1, -0.05) is 6.92 Å². The lowest BCUT2D eigenvalue weighted by Gasteiger charge is -2.01. The molecule has 1 unspecified atom stereocenters. The van der Waals surface area contributed by atoms with Crippen LogP contribution in [0.1, 0.15) is 34.5 Å². The van der Waals surface area contributed by atoms with Gasteiger partial charge in [-0.15, -0.1) is 11.3 Å². The molecule has 1 aromatic rings. The molecule has 2 nitrogen and oxygen atoms in total. The number of hydrogen-bond donors (Lipinski definition) is 0. The van der Waals surface area contributed by atoms with Crippen LogP contribution in [0.2, 0.25) is 0 Å². The Kier molecular flexibility index (Phi) is 3.01. The Bertz CT molecular complexity index is 311. The summed E-state index contributed by atoms with van der Waals surface area (Å²) >= 11 is 1.43. The number of carbonyl (C=O) groups excluding carboxylic acids is 1. The molecule has 0 bridgehead atoms. The predicted octanol–water partition coefficient (Wildman–Crippen LogP) is 2.58. The standard InChI is InChI=1S/C9H9NOS/c1-7(2-3-10)8-4-9(5-11)12-6-8/h4-7H,2H2,1H3. The van der Waals surface area contributed by atoms with Crippen molar-refractivity contribution < 1.29 is 4.79 Å². The van der Waals surface area contributed by atoms with Crippen molar-refractivity contribution in [3.63, 3.8) is 0 Å². The maximum absolute atomic E-state index is 10.3. The van der Waals surface area contributed by atoms with Crippen molar-refractivity contribution >= 4 is 17.6 Å². The number of aldehydes is 1. The molecule has 0 aliphatic rings. The van der Waals surface area contributed by atoms with Crippen molar-refractivity contribution in [3.8, 4) is 6.07 Å². The van der Waals surface area contributed by atoms with Crippen LogP contribution in [0.3, 0.4) is 0 Å². The van der Waals surface area contributed by atoms with Gasteiger partial charge in [0.15, 0.2) is 6.29 Å². The summed E-state index contributed by atoms with van der Waals surface area (Å²) in [6, 6.07) is 3.96. The molecule has 0 saturated heterocycles. The van der Waals surface area contributed by atoms with E-state index in [-0.39, 0.29) is 5.92 Å². The van der Waals surface area contributed by atoms with Crippen molar-refractivity contribution in [2.75, 3.05) is 0 Å². The van der Waals surface area contributed by atoms with E-state index < -0.39 is 0 Å². The molecule has 1 atom stereocenters. The maximum atomic E-state index is 10.3. The van der Waals surface area contributed by atoms with Crippen LogP contribution in [0, 0.1) is 11.3 Å². The molecule has 12 heavy (non-hydrogen) atoms. The molecule has 0 aromatic carbocycles. The van der Waals surface area contributed by atoms with Crippen LogP contribution in [0.25, 0.3) is 0 Å². The molecule has 0 aliphatic heterocycles. The first-order valence-electron chi connectivity index (χ1n) is 3.68. The lowest BCUT2D eigenvalue weighted by atomic mass is 10.0. The molecule has 1 aromatic heterocycles. The number of thiophene rings is 1. The molecule has 0 radical (unpaired) electrons. The van der Waals surface area contributed by atoms with E-state index >= 15 is 0 Å². The molecular weight excluding hydrogens is 170 g/mol. The summed E-state index contributed by atoms with van der Waals surface area (Å²) in [5.41, 5.74) is 1.09. The average Bonchev–Trinajstić information content (AvgIpc) is 2.52. The highest BCUT2D eigenvalue weighted by Crippen LogP contribution is 2.23. The second kappa shape index (κ2) is 4.03. The van der Waals surface area contributed by atoms with Crippen LogP contribution in [0.5, 0.6) is 0 Å². The van der Waals surface area contributed by atoms with Crippen molar-refractivity contribution in [2.24, 2.45) is 0 Å². The van der Waals surface area contributed by atoms with Gasteiger partial charge < -0.3 is 0 Å². The van der Waals surface area contributed by atoms with Crippen molar-refractivity contribution in [2.45, 2.75) is 19.3 Å². The quantitative estimate of drug-likeness (QED) is 0.669. The second-order valence-corrected chi connectivity index (χ2v) is 3.61. The number of carbonyl (C=O) groups is 1. The summed E-state index contributed by atoms with van der Waals surface area (Å²) in [4.78, 5) is 11.1. The SMILES string of the molecule is CC(CC#N)c1csc(C=O)c1. The summed E-state index contributed by atoms with van der Waals surface area (Å²) < 4.78 is 0. The Labute approximate surface area is 75.5 Å². The minimum atomic E-state index is 0.236. The topological polar surface area (TPSA) is 40.9 Å². The van der Waals surface area contributed by atoms with Crippen LogP contribution in [0.4, 0.5) is 0 Å². The van der Waals surface area contributed by atoms with Gasteiger partial charge in [-0.25, -0.2) is 0 Å². The Morgan fingerprint density at radius 3 is 3.08 bits per heavy atom. The molecule has 62 valence electrons. The van der Waals surface area contributed by atoms with Gasteiger partial charge in [-0.2, -0.15) is 5.26 Å². The van der Waals surface area contributed by atoms with E-state index in [2.05, 4.69) is 6.07 Å². The van der Waals surface area contributed by atoms with E-state index in [0.29, 0.717) is 6.42 Å². The highest BCUT2D eigenvalue weighted by atomic mass is 32.1. The van der Waals surface area contributed by atoms with Gasteiger partial charge in [0.1, 0.15) is 0 Å². The molecule has 0 aliphatic carbocycles. The third kappa shape index (κ3) is 1.93. The van der Waals surface area contributed by atoms with E-state index in [0.717, 1.165) is 16.7 Å². The summed E-state index contributed by atoms with van der Waals surface area (Å²) in [5, 5.41) is 10.4. The molecule has 0 saturated carbocycles. The molecule has 3 heteroatoms. The highest BCUT2D eigenvalue weighted by molar-refractivity contribution is 7.11. The first kappa shape index (κ1) is 8.95. The van der Waals surface area contributed by atoms with Gasteiger partial charge in [0.25, 0.3) is 0 Å². The molecule has 0 amide bonds. The Balaban J connectivity index is 2.75. The smallest absolute Gasteiger partial charge is 0.160 e. The first-order chi connectivity index (χ1) is 5.77. The van der Waals surface area contributed by atoms with E-state index in [1.165, 1.54) is 11.3 Å². The minimum absolute atomic E-state index is 0.236. The van der Waals surface area contributed by atoms with Crippen LogP contribution in [-0.4, -0.2) is 6.29 Å². The van der Waals surface area contributed by atoms with Crippen molar-refractivity contribution in [1.82, 2.24) is 0 Å². The summed E-state index contributed by atoms with van der Waals surface area (Å²) in [7, 11) is 0. The zero-order valence-corrected chi connectivity index (χ0v) is 7.60. The van der Waals surface area contributed by atoms with E-state index in [1.807, 2.05) is 18.4 Å². The predicted molar refractivity (Wildman–Crippen MR) is 48.4 cm³/mol. The zero-order chi connectivity index (χ0) is 8.97. The maximum Gasteiger partial charge on any atom is 0.160 e. The normalized spacial score (nSPS) is 12.0. The molecule has 1 heterocycles. The van der Waals surface area contributed by atoms with Gasteiger partial charge in [-0.05, 0) is 22.9 Å². The lowest BCUT2D eigenvalue weighted by Crippen LogP contribution is -1.88. The Morgan fingerprint density at radius 1 is 1.83 bits per heavy atom. The summed E-state index contributed by atoms with van der Waals surface area (Å²) in [6.07, 6.45) is 1.35. The second-order valence-electron chi connectivity index (χ2n) is 2.66. The molecule has 0 spiro atoms. The van der Waals surface area contributed by atoms with Crippen LogP contribution in [0.15, 0.2) is 11.4 Å².